The average molecular weight is 272 g/mol. The largest absolute Gasteiger partial charge is 0.462 e. The van der Waals surface area contributed by atoms with Gasteiger partial charge in [-0.05, 0) is 25.3 Å². The molecule has 0 saturated heterocycles. The lowest BCUT2D eigenvalue weighted by molar-refractivity contribution is 0.0525. The zero-order valence-corrected chi connectivity index (χ0v) is 11.3. The molecule has 104 valence electrons. The average Bonchev–Trinajstić information content (AvgIpc) is 2.45. The molecule has 1 aliphatic heterocycles. The van der Waals surface area contributed by atoms with Crippen LogP contribution in [0.5, 0.6) is 0 Å². The molecule has 0 unspecified atom stereocenters. The van der Waals surface area contributed by atoms with Crippen molar-refractivity contribution in [1.29, 1.82) is 0 Å². The van der Waals surface area contributed by atoms with Crippen molar-refractivity contribution in [2.75, 3.05) is 12.3 Å². The number of nitrogens with zero attached hydrogens (tertiary/aromatic N) is 1. The molecule has 0 saturated carbocycles. The highest BCUT2D eigenvalue weighted by Crippen LogP contribution is 2.29. The number of aromatic nitrogens is 1. The summed E-state index contributed by atoms with van der Waals surface area (Å²) < 4.78 is 6.60. The number of carbonyl (C=O) groups excluding carboxylic acids is 1. The van der Waals surface area contributed by atoms with Crippen LogP contribution in [0.4, 0.5) is 5.69 Å². The van der Waals surface area contributed by atoms with Crippen LogP contribution in [0.15, 0.2) is 23.0 Å². The molecule has 1 aliphatic rings. The Balaban J connectivity index is 2.40. The molecule has 2 N–H and O–H groups in total. The van der Waals surface area contributed by atoms with Crippen LogP contribution in [0.2, 0.25) is 0 Å². The molecule has 5 heteroatoms. The third kappa shape index (κ3) is 1.70. The number of aryl methyl sites for hydroxylation is 2. The number of hydrogen-bond acceptors (Lipinski definition) is 4. The van der Waals surface area contributed by atoms with E-state index in [0.29, 0.717) is 6.54 Å². The first-order valence-electron chi connectivity index (χ1n) is 6.76. The fourth-order valence-corrected chi connectivity index (χ4v) is 2.86. The number of esters is 1. The number of para-hydroxylation sites is 1. The first-order valence-corrected chi connectivity index (χ1v) is 6.76. The normalized spacial score (nSPS) is 13.4. The number of rotatable bonds is 2. The summed E-state index contributed by atoms with van der Waals surface area (Å²) in [5, 5.41) is 0.754. The SMILES string of the molecule is CCOC(=O)c1c(N)c2cccc3c2n(c1=O)CCC3. The third-order valence-electron chi connectivity index (χ3n) is 3.72. The maximum absolute atomic E-state index is 12.5. The Morgan fingerprint density at radius 1 is 1.45 bits per heavy atom. The van der Waals surface area contributed by atoms with E-state index in [1.807, 2.05) is 18.2 Å². The summed E-state index contributed by atoms with van der Waals surface area (Å²) in [7, 11) is 0. The Bertz CT molecular complexity index is 762. The summed E-state index contributed by atoms with van der Waals surface area (Å²) in [5.74, 6) is -0.642. The summed E-state index contributed by atoms with van der Waals surface area (Å²) in [6, 6.07) is 5.75. The van der Waals surface area contributed by atoms with Crippen LogP contribution in [-0.4, -0.2) is 17.1 Å². The molecule has 3 rings (SSSR count). The Hall–Kier alpha value is -2.30. The number of nitrogens with two attached hydrogens (primary N) is 1. The smallest absolute Gasteiger partial charge is 0.345 e. The van der Waals surface area contributed by atoms with E-state index in [1.54, 1.807) is 11.5 Å². The molecular weight excluding hydrogens is 256 g/mol. The molecule has 1 aromatic carbocycles. The first kappa shape index (κ1) is 12.7. The van der Waals surface area contributed by atoms with Gasteiger partial charge >= 0.3 is 5.97 Å². The van der Waals surface area contributed by atoms with Crippen LogP contribution in [0.1, 0.15) is 29.3 Å². The summed E-state index contributed by atoms with van der Waals surface area (Å²) in [5.41, 5.74) is 7.85. The molecule has 5 nitrogen and oxygen atoms in total. The second kappa shape index (κ2) is 4.67. The Kier molecular flexibility index (Phi) is 2.97. The number of hydrogen-bond donors (Lipinski definition) is 1. The van der Waals surface area contributed by atoms with E-state index in [1.165, 1.54) is 0 Å². The number of benzene rings is 1. The van der Waals surface area contributed by atoms with Gasteiger partial charge in [0.1, 0.15) is 5.56 Å². The molecule has 2 heterocycles. The highest BCUT2D eigenvalue weighted by atomic mass is 16.5. The Labute approximate surface area is 116 Å². The lowest BCUT2D eigenvalue weighted by Crippen LogP contribution is -2.31. The van der Waals surface area contributed by atoms with E-state index < -0.39 is 5.97 Å². The van der Waals surface area contributed by atoms with Crippen LogP contribution in [-0.2, 0) is 17.7 Å². The Morgan fingerprint density at radius 2 is 2.25 bits per heavy atom. The standard InChI is InChI=1S/C15H16N2O3/c1-2-20-15(19)11-12(16)10-7-3-5-9-6-4-8-17(13(9)10)14(11)18/h3,5,7H,2,4,6,8,16H2,1H3. The van der Waals surface area contributed by atoms with Gasteiger partial charge in [0.25, 0.3) is 5.56 Å². The minimum Gasteiger partial charge on any atom is -0.462 e. The molecule has 0 amide bonds. The summed E-state index contributed by atoms with van der Waals surface area (Å²) in [6.45, 7) is 2.53. The van der Waals surface area contributed by atoms with E-state index in [2.05, 4.69) is 0 Å². The summed E-state index contributed by atoms with van der Waals surface area (Å²) in [6.07, 6.45) is 1.81. The predicted octanol–water partition coefficient (Wildman–Crippen LogP) is 1.71. The number of ether oxygens (including phenoxy) is 1. The van der Waals surface area contributed by atoms with Crippen molar-refractivity contribution in [3.63, 3.8) is 0 Å². The fraction of sp³-hybridized carbons (Fsp3) is 0.333. The number of carbonyl (C=O) groups is 1. The van der Waals surface area contributed by atoms with Crippen molar-refractivity contribution in [2.24, 2.45) is 0 Å². The molecule has 2 aromatic rings. The van der Waals surface area contributed by atoms with Gasteiger partial charge in [-0.1, -0.05) is 18.2 Å². The lowest BCUT2D eigenvalue weighted by Gasteiger charge is -2.21. The first-order chi connectivity index (χ1) is 9.65. The molecule has 0 fully saturated rings. The van der Waals surface area contributed by atoms with E-state index in [4.69, 9.17) is 10.5 Å². The van der Waals surface area contributed by atoms with Crippen LogP contribution < -0.4 is 11.3 Å². The molecule has 0 bridgehead atoms. The lowest BCUT2D eigenvalue weighted by atomic mass is 9.98. The molecule has 0 radical (unpaired) electrons. The van der Waals surface area contributed by atoms with Crippen LogP contribution in [0.25, 0.3) is 10.9 Å². The third-order valence-corrected chi connectivity index (χ3v) is 3.72. The summed E-state index contributed by atoms with van der Waals surface area (Å²) in [4.78, 5) is 24.5. The second-order valence-electron chi connectivity index (χ2n) is 4.88. The van der Waals surface area contributed by atoms with Crippen molar-refractivity contribution >= 4 is 22.6 Å². The van der Waals surface area contributed by atoms with Gasteiger partial charge in [-0.25, -0.2) is 4.79 Å². The molecule has 20 heavy (non-hydrogen) atoms. The zero-order valence-electron chi connectivity index (χ0n) is 11.3. The van der Waals surface area contributed by atoms with E-state index in [0.717, 1.165) is 29.3 Å². The van der Waals surface area contributed by atoms with Crippen molar-refractivity contribution in [3.8, 4) is 0 Å². The molecule has 0 spiro atoms. The topological polar surface area (TPSA) is 74.3 Å². The van der Waals surface area contributed by atoms with Crippen molar-refractivity contribution in [1.82, 2.24) is 4.57 Å². The molecule has 1 aromatic heterocycles. The maximum atomic E-state index is 12.5. The summed E-state index contributed by atoms with van der Waals surface area (Å²) >= 11 is 0. The minimum absolute atomic E-state index is 0.0431. The van der Waals surface area contributed by atoms with Crippen molar-refractivity contribution in [2.45, 2.75) is 26.3 Å². The fourth-order valence-electron chi connectivity index (χ4n) is 2.86. The quantitative estimate of drug-likeness (QED) is 0.844. The van der Waals surface area contributed by atoms with Crippen LogP contribution in [0, 0.1) is 0 Å². The number of anilines is 1. The highest BCUT2D eigenvalue weighted by Gasteiger charge is 2.24. The van der Waals surface area contributed by atoms with Gasteiger partial charge in [-0.3, -0.25) is 4.79 Å². The van der Waals surface area contributed by atoms with Gasteiger partial charge in [0.2, 0.25) is 0 Å². The molecular formula is C15H16N2O3. The monoisotopic (exact) mass is 272 g/mol. The van der Waals surface area contributed by atoms with Gasteiger partial charge in [0.15, 0.2) is 0 Å². The van der Waals surface area contributed by atoms with E-state index in [9.17, 15) is 9.59 Å². The minimum atomic E-state index is -0.642. The van der Waals surface area contributed by atoms with Gasteiger partial charge < -0.3 is 15.0 Å². The highest BCUT2D eigenvalue weighted by molar-refractivity contribution is 6.04. The van der Waals surface area contributed by atoms with E-state index in [-0.39, 0.29) is 23.4 Å². The molecule has 0 aliphatic carbocycles. The van der Waals surface area contributed by atoms with Crippen LogP contribution in [0.3, 0.4) is 0 Å². The van der Waals surface area contributed by atoms with Gasteiger partial charge in [-0.2, -0.15) is 0 Å². The van der Waals surface area contributed by atoms with E-state index >= 15 is 0 Å². The predicted molar refractivity (Wildman–Crippen MR) is 76.9 cm³/mol. The van der Waals surface area contributed by atoms with Crippen molar-refractivity contribution < 1.29 is 9.53 Å². The van der Waals surface area contributed by atoms with Gasteiger partial charge in [0, 0.05) is 11.9 Å². The van der Waals surface area contributed by atoms with Crippen LogP contribution >= 0.6 is 0 Å². The van der Waals surface area contributed by atoms with Crippen molar-refractivity contribution in [3.05, 3.63) is 39.7 Å². The number of nitrogen functional groups attached to an aromatic ring is 1. The van der Waals surface area contributed by atoms with Gasteiger partial charge in [0.05, 0.1) is 17.8 Å². The van der Waals surface area contributed by atoms with Gasteiger partial charge in [-0.15, -0.1) is 0 Å². The maximum Gasteiger partial charge on any atom is 0.345 e. The number of pyridine rings is 1. The molecule has 0 atom stereocenters. The second-order valence-corrected chi connectivity index (χ2v) is 4.88. The zero-order chi connectivity index (χ0) is 14.3. The Morgan fingerprint density at radius 3 is 3.00 bits per heavy atom.